The highest BCUT2D eigenvalue weighted by Gasteiger charge is 2.10. The molecule has 1 rings (SSSR count). The third-order valence-corrected chi connectivity index (χ3v) is 2.02. The van der Waals surface area contributed by atoms with Crippen LogP contribution >= 0.6 is 0 Å². The topological polar surface area (TPSA) is 0 Å². The summed E-state index contributed by atoms with van der Waals surface area (Å²) in [6.07, 6.45) is 3.57. The smallest absolute Gasteiger partial charge is 0.162 e. The van der Waals surface area contributed by atoms with E-state index in [1.165, 1.54) is 0 Å². The molecule has 0 saturated carbocycles. The summed E-state index contributed by atoms with van der Waals surface area (Å²) in [6.45, 7) is 4.98. The minimum Gasteiger partial charge on any atom is -0.203 e. The number of aryl methyl sites for hydroxylation is 1. The summed E-state index contributed by atoms with van der Waals surface area (Å²) in [5, 5.41) is 0. The first-order chi connectivity index (χ1) is 6.07. The van der Waals surface area contributed by atoms with Crippen LogP contribution in [0.25, 0.3) is 6.08 Å². The van der Waals surface area contributed by atoms with Crippen molar-refractivity contribution in [3.63, 3.8) is 0 Å². The molecule has 13 heavy (non-hydrogen) atoms. The predicted octanol–water partition coefficient (Wildman–Crippen LogP) is 3.61. The minimum absolute atomic E-state index is 0.344. The van der Waals surface area contributed by atoms with Gasteiger partial charge in [0.15, 0.2) is 11.6 Å². The molecule has 0 amide bonds. The maximum Gasteiger partial charge on any atom is 0.162 e. The Morgan fingerprint density at radius 2 is 1.77 bits per heavy atom. The van der Waals surface area contributed by atoms with E-state index in [4.69, 9.17) is 0 Å². The number of hydrogen-bond donors (Lipinski definition) is 0. The number of benzene rings is 1. The normalized spacial score (nSPS) is 11.2. The molecule has 0 heterocycles. The van der Waals surface area contributed by atoms with Crippen LogP contribution in [0.3, 0.4) is 0 Å². The first-order valence-corrected chi connectivity index (χ1v) is 4.15. The third-order valence-electron chi connectivity index (χ3n) is 2.02. The van der Waals surface area contributed by atoms with E-state index in [9.17, 15) is 8.78 Å². The minimum atomic E-state index is -0.745. The molecular weight excluding hydrogens is 170 g/mol. The zero-order chi connectivity index (χ0) is 10.0. The van der Waals surface area contributed by atoms with Crippen molar-refractivity contribution in [3.8, 4) is 0 Å². The summed E-state index contributed by atoms with van der Waals surface area (Å²) >= 11 is 0. The van der Waals surface area contributed by atoms with Gasteiger partial charge in [-0.2, -0.15) is 0 Å². The van der Waals surface area contributed by atoms with Gasteiger partial charge in [0.05, 0.1) is 0 Å². The molecule has 0 spiro atoms. The molecule has 1 aromatic rings. The second-order valence-corrected chi connectivity index (χ2v) is 3.04. The fraction of sp³-hybridized carbons (Fsp3) is 0.273. The van der Waals surface area contributed by atoms with Crippen LogP contribution in [-0.2, 0) is 0 Å². The van der Waals surface area contributed by atoms with Crippen LogP contribution in [0.1, 0.15) is 23.6 Å². The Kier molecular flexibility index (Phi) is 2.81. The number of halogens is 2. The molecule has 1 aromatic carbocycles. The van der Waals surface area contributed by atoms with Gasteiger partial charge in [0, 0.05) is 0 Å². The molecule has 0 aliphatic rings. The molecule has 0 aliphatic heterocycles. The largest absolute Gasteiger partial charge is 0.203 e. The molecule has 0 fully saturated rings. The summed E-state index contributed by atoms with van der Waals surface area (Å²) in [7, 11) is 0. The van der Waals surface area contributed by atoms with Gasteiger partial charge in [0.25, 0.3) is 0 Å². The summed E-state index contributed by atoms with van der Waals surface area (Å²) in [5.74, 6) is -1.49. The van der Waals surface area contributed by atoms with Gasteiger partial charge >= 0.3 is 0 Å². The molecule has 70 valence electrons. The summed E-state index contributed by atoms with van der Waals surface area (Å²) in [5.41, 5.74) is 1.44. The lowest BCUT2D eigenvalue weighted by Crippen LogP contribution is -1.95. The van der Waals surface area contributed by atoms with Crippen molar-refractivity contribution < 1.29 is 8.78 Å². The Labute approximate surface area is 76.9 Å². The van der Waals surface area contributed by atoms with Crippen molar-refractivity contribution in [2.75, 3.05) is 0 Å². The van der Waals surface area contributed by atoms with E-state index >= 15 is 0 Å². The van der Waals surface area contributed by atoms with Crippen LogP contribution in [0, 0.1) is 25.5 Å². The van der Waals surface area contributed by atoms with Gasteiger partial charge in [-0.1, -0.05) is 12.2 Å². The Morgan fingerprint density at radius 1 is 1.15 bits per heavy atom. The summed E-state index contributed by atoms with van der Waals surface area (Å²) < 4.78 is 26.2. The third kappa shape index (κ3) is 1.77. The van der Waals surface area contributed by atoms with Gasteiger partial charge in [-0.3, -0.25) is 0 Å². The first-order valence-electron chi connectivity index (χ1n) is 4.15. The SMILES string of the molecule is CC=Cc1cc(C)c(F)c(F)c1C. The molecule has 0 nitrogen and oxygen atoms in total. The fourth-order valence-electron chi connectivity index (χ4n) is 1.22. The van der Waals surface area contributed by atoms with Crippen molar-refractivity contribution in [3.05, 3.63) is 40.5 Å². The Bertz CT molecular complexity index is 352. The summed E-state index contributed by atoms with van der Waals surface area (Å²) in [6, 6.07) is 1.65. The van der Waals surface area contributed by atoms with E-state index < -0.39 is 11.6 Å². The molecule has 0 unspecified atom stereocenters. The van der Waals surface area contributed by atoms with Crippen molar-refractivity contribution in [1.82, 2.24) is 0 Å². The Hall–Kier alpha value is -1.18. The van der Waals surface area contributed by atoms with Gasteiger partial charge in [-0.25, -0.2) is 8.78 Å². The number of hydrogen-bond acceptors (Lipinski definition) is 0. The molecule has 0 N–H and O–H groups in total. The maximum absolute atomic E-state index is 13.2. The molecule has 0 radical (unpaired) electrons. The Morgan fingerprint density at radius 3 is 2.31 bits per heavy atom. The quantitative estimate of drug-likeness (QED) is 0.622. The lowest BCUT2D eigenvalue weighted by atomic mass is 10.0. The van der Waals surface area contributed by atoms with E-state index in [1.54, 1.807) is 32.1 Å². The summed E-state index contributed by atoms with van der Waals surface area (Å²) in [4.78, 5) is 0. The van der Waals surface area contributed by atoms with Crippen LogP contribution in [0.4, 0.5) is 8.78 Å². The van der Waals surface area contributed by atoms with Crippen LogP contribution in [0.5, 0.6) is 0 Å². The van der Waals surface area contributed by atoms with Gasteiger partial charge in [-0.15, -0.1) is 0 Å². The van der Waals surface area contributed by atoms with Gasteiger partial charge < -0.3 is 0 Å². The number of allylic oxidation sites excluding steroid dienone is 1. The lowest BCUT2D eigenvalue weighted by Gasteiger charge is -2.05. The second kappa shape index (κ2) is 3.69. The zero-order valence-electron chi connectivity index (χ0n) is 7.99. The maximum atomic E-state index is 13.2. The van der Waals surface area contributed by atoms with Crippen molar-refractivity contribution >= 4 is 6.08 Å². The average Bonchev–Trinajstić information content (AvgIpc) is 2.11. The van der Waals surface area contributed by atoms with Crippen LogP contribution < -0.4 is 0 Å². The van der Waals surface area contributed by atoms with Gasteiger partial charge in [0.2, 0.25) is 0 Å². The average molecular weight is 182 g/mol. The van der Waals surface area contributed by atoms with Crippen LogP contribution in [0.2, 0.25) is 0 Å². The molecule has 0 aliphatic carbocycles. The molecule has 2 heteroatoms. The molecular formula is C11H12F2. The molecule has 0 atom stereocenters. The fourth-order valence-corrected chi connectivity index (χ4v) is 1.22. The lowest BCUT2D eigenvalue weighted by molar-refractivity contribution is 0.497. The van der Waals surface area contributed by atoms with Crippen molar-refractivity contribution in [1.29, 1.82) is 0 Å². The van der Waals surface area contributed by atoms with E-state index in [0.29, 0.717) is 11.1 Å². The Balaban J connectivity index is 3.40. The molecule has 0 bridgehead atoms. The highest BCUT2D eigenvalue weighted by Crippen LogP contribution is 2.20. The zero-order valence-corrected chi connectivity index (χ0v) is 7.99. The van der Waals surface area contributed by atoms with Crippen molar-refractivity contribution in [2.45, 2.75) is 20.8 Å². The van der Waals surface area contributed by atoms with Gasteiger partial charge in [0.1, 0.15) is 0 Å². The van der Waals surface area contributed by atoms with Gasteiger partial charge in [-0.05, 0) is 43.5 Å². The first kappa shape index (κ1) is 9.90. The van der Waals surface area contributed by atoms with E-state index in [-0.39, 0.29) is 0 Å². The van der Waals surface area contributed by atoms with Crippen LogP contribution in [0.15, 0.2) is 12.1 Å². The number of rotatable bonds is 1. The van der Waals surface area contributed by atoms with Crippen molar-refractivity contribution in [2.24, 2.45) is 0 Å². The van der Waals surface area contributed by atoms with E-state index in [1.807, 2.05) is 6.92 Å². The monoisotopic (exact) mass is 182 g/mol. The predicted molar refractivity (Wildman–Crippen MR) is 50.5 cm³/mol. The standard InChI is InChI=1S/C11H12F2/c1-4-5-9-6-7(2)10(12)11(13)8(9)3/h4-6H,1-3H3. The highest BCUT2D eigenvalue weighted by atomic mass is 19.2. The van der Waals surface area contributed by atoms with E-state index in [2.05, 4.69) is 0 Å². The van der Waals surface area contributed by atoms with Crippen LogP contribution in [-0.4, -0.2) is 0 Å². The highest BCUT2D eigenvalue weighted by molar-refractivity contribution is 5.55. The molecule has 0 aromatic heterocycles. The van der Waals surface area contributed by atoms with E-state index in [0.717, 1.165) is 5.56 Å². The molecule has 0 saturated heterocycles. The second-order valence-electron chi connectivity index (χ2n) is 3.04.